The summed E-state index contributed by atoms with van der Waals surface area (Å²) in [5.74, 6) is -0.427. The zero-order chi connectivity index (χ0) is 11.0. The maximum atomic E-state index is 13.2. The number of para-hydroxylation sites is 1. The third-order valence-electron chi connectivity index (χ3n) is 2.31. The smallest absolute Gasteiger partial charge is 0.373 e. The normalized spacial score (nSPS) is 10.6. The second-order valence-corrected chi connectivity index (χ2v) is 3.17. The van der Waals surface area contributed by atoms with Crippen molar-refractivity contribution in [3.8, 4) is 5.75 Å². The molecule has 78 valence electrons. The highest BCUT2D eigenvalue weighted by molar-refractivity contribution is 5.85. The lowest BCUT2D eigenvalue weighted by molar-refractivity contribution is 0.401. The summed E-state index contributed by atoms with van der Waals surface area (Å²) in [6, 6.07) is 5.05. The van der Waals surface area contributed by atoms with Crippen molar-refractivity contribution in [1.82, 2.24) is 0 Å². The lowest BCUT2D eigenvalue weighted by Gasteiger charge is -2.05. The van der Waals surface area contributed by atoms with E-state index in [2.05, 4.69) is 0 Å². The molecular weight excluding hydrogens is 199 g/mol. The number of methoxy groups -OCH3 is 1. The zero-order valence-corrected chi connectivity index (χ0v) is 8.33. The van der Waals surface area contributed by atoms with E-state index in [1.54, 1.807) is 18.2 Å². The molecule has 3 nitrogen and oxygen atoms in total. The van der Waals surface area contributed by atoms with Crippen molar-refractivity contribution in [2.24, 2.45) is 0 Å². The van der Waals surface area contributed by atoms with Crippen LogP contribution in [-0.4, -0.2) is 7.11 Å². The van der Waals surface area contributed by atoms with Gasteiger partial charge in [0.15, 0.2) is 11.3 Å². The molecule has 1 aromatic heterocycles. The average Bonchev–Trinajstić information content (AvgIpc) is 2.25. The maximum absolute atomic E-state index is 13.2. The first-order chi connectivity index (χ1) is 7.15. The van der Waals surface area contributed by atoms with E-state index in [9.17, 15) is 9.18 Å². The van der Waals surface area contributed by atoms with Crippen LogP contribution in [0.5, 0.6) is 5.75 Å². The Bertz CT molecular complexity index is 572. The van der Waals surface area contributed by atoms with Gasteiger partial charge in [0.05, 0.1) is 7.11 Å². The molecule has 0 fully saturated rings. The van der Waals surface area contributed by atoms with Gasteiger partial charge < -0.3 is 9.15 Å². The Balaban J connectivity index is 2.98. The van der Waals surface area contributed by atoms with Crippen molar-refractivity contribution in [2.45, 2.75) is 6.92 Å². The molecule has 15 heavy (non-hydrogen) atoms. The monoisotopic (exact) mass is 208 g/mol. The summed E-state index contributed by atoms with van der Waals surface area (Å²) in [7, 11) is 1.47. The van der Waals surface area contributed by atoms with Crippen molar-refractivity contribution < 1.29 is 13.5 Å². The van der Waals surface area contributed by atoms with Crippen LogP contribution in [0.15, 0.2) is 27.4 Å². The van der Waals surface area contributed by atoms with Crippen molar-refractivity contribution in [1.29, 1.82) is 0 Å². The minimum atomic E-state index is -0.968. The van der Waals surface area contributed by atoms with Gasteiger partial charge in [-0.3, -0.25) is 0 Å². The Kier molecular flexibility index (Phi) is 2.19. The number of rotatable bonds is 1. The highest BCUT2D eigenvalue weighted by Gasteiger charge is 2.13. The lowest BCUT2D eigenvalue weighted by atomic mass is 10.1. The van der Waals surface area contributed by atoms with Crippen LogP contribution >= 0.6 is 0 Å². The Hall–Kier alpha value is -1.84. The molecule has 0 aliphatic heterocycles. The molecule has 4 heteroatoms. The van der Waals surface area contributed by atoms with Crippen molar-refractivity contribution >= 4 is 11.0 Å². The predicted molar refractivity (Wildman–Crippen MR) is 53.7 cm³/mol. The number of aryl methyl sites for hydroxylation is 1. The van der Waals surface area contributed by atoms with Gasteiger partial charge in [0.1, 0.15) is 0 Å². The van der Waals surface area contributed by atoms with E-state index in [0.29, 0.717) is 11.1 Å². The summed E-state index contributed by atoms with van der Waals surface area (Å²) >= 11 is 0. The molecule has 0 aliphatic carbocycles. The molecule has 0 N–H and O–H groups in total. The van der Waals surface area contributed by atoms with Gasteiger partial charge >= 0.3 is 5.63 Å². The first-order valence-electron chi connectivity index (χ1n) is 4.41. The molecule has 0 atom stereocenters. The maximum Gasteiger partial charge on any atom is 0.373 e. The third kappa shape index (κ3) is 1.38. The van der Waals surface area contributed by atoms with Gasteiger partial charge in [-0.2, -0.15) is 4.39 Å². The van der Waals surface area contributed by atoms with Crippen LogP contribution in [0.2, 0.25) is 0 Å². The predicted octanol–water partition coefficient (Wildman–Crippen LogP) is 2.25. The van der Waals surface area contributed by atoms with Crippen LogP contribution in [0, 0.1) is 12.7 Å². The number of benzene rings is 1. The Labute approximate surface area is 85.1 Å². The first kappa shape index (κ1) is 9.71. The fourth-order valence-electron chi connectivity index (χ4n) is 1.49. The standard InChI is InChI=1S/C11H9FO3/c1-6-7-4-3-5-8(14-2)10(7)15-11(13)9(6)12/h3-5H,1-2H3. The number of hydrogen-bond donors (Lipinski definition) is 0. The van der Waals surface area contributed by atoms with Gasteiger partial charge in [0, 0.05) is 10.9 Å². The van der Waals surface area contributed by atoms with E-state index in [1.165, 1.54) is 14.0 Å². The van der Waals surface area contributed by atoms with Crippen LogP contribution in [0.25, 0.3) is 11.0 Å². The minimum Gasteiger partial charge on any atom is -0.493 e. The van der Waals surface area contributed by atoms with Gasteiger partial charge in [0.2, 0.25) is 5.82 Å². The molecule has 0 radical (unpaired) electrons. The Morgan fingerprint density at radius 2 is 2.13 bits per heavy atom. The zero-order valence-electron chi connectivity index (χ0n) is 8.33. The van der Waals surface area contributed by atoms with Crippen LogP contribution in [-0.2, 0) is 0 Å². The fraction of sp³-hybridized carbons (Fsp3) is 0.182. The van der Waals surface area contributed by atoms with Crippen LogP contribution in [0.1, 0.15) is 5.56 Å². The number of halogens is 1. The van der Waals surface area contributed by atoms with E-state index in [4.69, 9.17) is 9.15 Å². The highest BCUT2D eigenvalue weighted by atomic mass is 19.1. The van der Waals surface area contributed by atoms with E-state index in [-0.39, 0.29) is 11.1 Å². The Morgan fingerprint density at radius 3 is 2.80 bits per heavy atom. The van der Waals surface area contributed by atoms with Crippen molar-refractivity contribution in [3.05, 3.63) is 40.0 Å². The van der Waals surface area contributed by atoms with Crippen molar-refractivity contribution in [3.63, 3.8) is 0 Å². The summed E-state index contributed by atoms with van der Waals surface area (Å²) in [5.41, 5.74) is -0.409. The largest absolute Gasteiger partial charge is 0.493 e. The van der Waals surface area contributed by atoms with E-state index >= 15 is 0 Å². The molecule has 2 aromatic rings. The molecule has 0 spiro atoms. The second kappa shape index (κ2) is 3.38. The second-order valence-electron chi connectivity index (χ2n) is 3.17. The van der Waals surface area contributed by atoms with Crippen LogP contribution in [0.4, 0.5) is 4.39 Å². The van der Waals surface area contributed by atoms with Gasteiger partial charge in [-0.05, 0) is 13.0 Å². The average molecular weight is 208 g/mol. The van der Waals surface area contributed by atoms with Gasteiger partial charge in [0.25, 0.3) is 0 Å². The summed E-state index contributed by atoms with van der Waals surface area (Å²) < 4.78 is 23.1. The molecule has 2 rings (SSSR count). The summed E-state index contributed by atoms with van der Waals surface area (Å²) in [6.07, 6.45) is 0. The number of fused-ring (bicyclic) bond motifs is 1. The molecule has 0 amide bonds. The molecule has 0 saturated heterocycles. The topological polar surface area (TPSA) is 39.4 Å². The molecule has 0 unspecified atom stereocenters. The quantitative estimate of drug-likeness (QED) is 0.675. The highest BCUT2D eigenvalue weighted by Crippen LogP contribution is 2.26. The van der Waals surface area contributed by atoms with Gasteiger partial charge in [-0.15, -0.1) is 0 Å². The first-order valence-corrected chi connectivity index (χ1v) is 4.41. The molecule has 0 bridgehead atoms. The number of hydrogen-bond acceptors (Lipinski definition) is 3. The molecular formula is C11H9FO3. The van der Waals surface area contributed by atoms with Crippen molar-refractivity contribution in [2.75, 3.05) is 7.11 Å². The molecule has 0 aliphatic rings. The molecule has 1 heterocycles. The minimum absolute atomic E-state index is 0.278. The third-order valence-corrected chi connectivity index (χ3v) is 2.31. The van der Waals surface area contributed by atoms with Gasteiger partial charge in [-0.1, -0.05) is 12.1 Å². The molecule has 1 aromatic carbocycles. The SMILES string of the molecule is COc1cccc2c(C)c(F)c(=O)oc12. The summed E-state index contributed by atoms with van der Waals surface area (Å²) in [5, 5.41) is 0.548. The summed E-state index contributed by atoms with van der Waals surface area (Å²) in [6.45, 7) is 1.54. The fourth-order valence-corrected chi connectivity index (χ4v) is 1.49. The number of ether oxygens (including phenoxy) is 1. The van der Waals surface area contributed by atoms with E-state index < -0.39 is 11.4 Å². The van der Waals surface area contributed by atoms with Gasteiger partial charge in [-0.25, -0.2) is 4.79 Å². The molecule has 0 saturated carbocycles. The Morgan fingerprint density at radius 1 is 1.40 bits per heavy atom. The van der Waals surface area contributed by atoms with Crippen LogP contribution in [0.3, 0.4) is 0 Å². The van der Waals surface area contributed by atoms with E-state index in [1.807, 2.05) is 0 Å². The lowest BCUT2D eigenvalue weighted by Crippen LogP contribution is -2.07. The van der Waals surface area contributed by atoms with E-state index in [0.717, 1.165) is 0 Å². The van der Waals surface area contributed by atoms with Crippen LogP contribution < -0.4 is 10.4 Å². The summed E-state index contributed by atoms with van der Waals surface area (Å²) in [4.78, 5) is 11.1.